The molecule has 0 aliphatic carbocycles. The molecule has 0 atom stereocenters. The largest absolute Gasteiger partial charge is 0.476 e. The molecule has 0 unspecified atom stereocenters. The van der Waals surface area contributed by atoms with Crippen molar-refractivity contribution in [2.24, 2.45) is 0 Å². The van der Waals surface area contributed by atoms with Crippen molar-refractivity contribution in [3.63, 3.8) is 0 Å². The second kappa shape index (κ2) is 3.87. The molecule has 0 spiro atoms. The molecular formula is C7H8N2O2S. The average molecular weight is 184 g/mol. The summed E-state index contributed by atoms with van der Waals surface area (Å²) in [5.74, 6) is -1.01. The van der Waals surface area contributed by atoms with E-state index >= 15 is 0 Å². The van der Waals surface area contributed by atoms with E-state index in [1.54, 1.807) is 6.08 Å². The van der Waals surface area contributed by atoms with Crippen molar-refractivity contribution in [3.05, 3.63) is 23.9 Å². The molecule has 1 aromatic heterocycles. The Balaban J connectivity index is 2.76. The maximum absolute atomic E-state index is 10.5. The van der Waals surface area contributed by atoms with Crippen LogP contribution in [0.2, 0.25) is 0 Å². The van der Waals surface area contributed by atoms with Crippen molar-refractivity contribution in [3.8, 4) is 0 Å². The minimum absolute atomic E-state index is 0.0712. The zero-order valence-corrected chi connectivity index (χ0v) is 7.10. The summed E-state index contributed by atoms with van der Waals surface area (Å²) in [6.45, 7) is 4.05. The molecule has 5 heteroatoms. The van der Waals surface area contributed by atoms with Crippen LogP contribution in [0.4, 0.5) is 5.00 Å². The Bertz CT molecular complexity index is 295. The molecule has 0 saturated carbocycles. The summed E-state index contributed by atoms with van der Waals surface area (Å²) in [7, 11) is 0. The highest BCUT2D eigenvalue weighted by molar-refractivity contribution is 7.14. The van der Waals surface area contributed by atoms with E-state index in [0.717, 1.165) is 0 Å². The third-order valence-corrected chi connectivity index (χ3v) is 1.96. The Morgan fingerprint density at radius 3 is 3.25 bits per heavy atom. The molecule has 0 aromatic carbocycles. The van der Waals surface area contributed by atoms with Crippen molar-refractivity contribution in [2.45, 2.75) is 0 Å². The molecule has 4 nitrogen and oxygen atoms in total. The van der Waals surface area contributed by atoms with Gasteiger partial charge in [-0.05, 0) is 0 Å². The van der Waals surface area contributed by atoms with Crippen LogP contribution in [0.1, 0.15) is 10.5 Å². The third-order valence-electron chi connectivity index (χ3n) is 1.18. The van der Waals surface area contributed by atoms with Gasteiger partial charge in [-0.3, -0.25) is 0 Å². The van der Waals surface area contributed by atoms with Gasteiger partial charge in [0.05, 0.1) is 5.51 Å². The second-order valence-corrected chi connectivity index (χ2v) is 2.86. The summed E-state index contributed by atoms with van der Waals surface area (Å²) >= 11 is 1.27. The fourth-order valence-corrected chi connectivity index (χ4v) is 1.37. The molecule has 0 bridgehead atoms. The van der Waals surface area contributed by atoms with Gasteiger partial charge in [-0.15, -0.1) is 17.9 Å². The van der Waals surface area contributed by atoms with Crippen molar-refractivity contribution in [1.82, 2.24) is 4.98 Å². The first kappa shape index (κ1) is 8.73. The van der Waals surface area contributed by atoms with Gasteiger partial charge in [0.2, 0.25) is 0 Å². The van der Waals surface area contributed by atoms with Crippen LogP contribution in [-0.2, 0) is 0 Å². The molecule has 12 heavy (non-hydrogen) atoms. The lowest BCUT2D eigenvalue weighted by Gasteiger charge is -1.98. The van der Waals surface area contributed by atoms with E-state index in [9.17, 15) is 4.79 Å². The smallest absolute Gasteiger partial charge is 0.357 e. The Morgan fingerprint density at radius 1 is 1.92 bits per heavy atom. The van der Waals surface area contributed by atoms with Crippen molar-refractivity contribution in [1.29, 1.82) is 0 Å². The predicted molar refractivity (Wildman–Crippen MR) is 47.8 cm³/mol. The molecule has 0 saturated heterocycles. The highest BCUT2D eigenvalue weighted by atomic mass is 32.1. The number of aromatic carboxylic acids is 1. The summed E-state index contributed by atoms with van der Waals surface area (Å²) in [5.41, 5.74) is 1.57. The minimum Gasteiger partial charge on any atom is -0.476 e. The van der Waals surface area contributed by atoms with E-state index in [4.69, 9.17) is 5.11 Å². The standard InChI is InChI=1S/C7H8N2O2S/c1-2-3-8-6-5(7(10)11)9-4-12-6/h2,4,8H,1,3H2,(H,10,11). The molecule has 2 N–H and O–H groups in total. The number of nitrogens with zero attached hydrogens (tertiary/aromatic N) is 1. The zero-order chi connectivity index (χ0) is 8.97. The molecule has 1 rings (SSSR count). The first-order chi connectivity index (χ1) is 5.75. The van der Waals surface area contributed by atoms with Crippen LogP contribution in [-0.4, -0.2) is 22.6 Å². The van der Waals surface area contributed by atoms with Crippen molar-refractivity contribution >= 4 is 22.3 Å². The van der Waals surface area contributed by atoms with Gasteiger partial charge in [0, 0.05) is 6.54 Å². The van der Waals surface area contributed by atoms with Crippen LogP contribution in [0.5, 0.6) is 0 Å². The lowest BCUT2D eigenvalue weighted by Crippen LogP contribution is -2.04. The van der Waals surface area contributed by atoms with Gasteiger partial charge in [0.25, 0.3) is 0 Å². The number of carbonyl (C=O) groups is 1. The molecular weight excluding hydrogens is 176 g/mol. The van der Waals surface area contributed by atoms with Gasteiger partial charge < -0.3 is 10.4 Å². The van der Waals surface area contributed by atoms with E-state index in [2.05, 4.69) is 16.9 Å². The van der Waals surface area contributed by atoms with E-state index < -0.39 is 5.97 Å². The van der Waals surface area contributed by atoms with Gasteiger partial charge in [0.1, 0.15) is 5.00 Å². The predicted octanol–water partition coefficient (Wildman–Crippen LogP) is 1.44. The van der Waals surface area contributed by atoms with Gasteiger partial charge in [0.15, 0.2) is 5.69 Å². The van der Waals surface area contributed by atoms with E-state index in [-0.39, 0.29) is 5.69 Å². The van der Waals surface area contributed by atoms with Gasteiger partial charge >= 0.3 is 5.97 Å². The highest BCUT2D eigenvalue weighted by Crippen LogP contribution is 2.19. The van der Waals surface area contributed by atoms with Crippen LogP contribution in [0.25, 0.3) is 0 Å². The number of thiazole rings is 1. The number of nitrogens with one attached hydrogen (secondary N) is 1. The summed E-state index contributed by atoms with van der Waals surface area (Å²) in [6.07, 6.45) is 1.66. The molecule has 0 aliphatic rings. The molecule has 1 heterocycles. The van der Waals surface area contributed by atoms with Crippen LogP contribution in [0, 0.1) is 0 Å². The van der Waals surface area contributed by atoms with E-state index in [0.29, 0.717) is 11.5 Å². The average Bonchev–Trinajstić information content (AvgIpc) is 2.48. The Labute approximate surface area is 73.6 Å². The number of carboxylic acid groups (broad SMARTS) is 1. The van der Waals surface area contributed by atoms with Crippen LogP contribution in [0.15, 0.2) is 18.2 Å². The quantitative estimate of drug-likeness (QED) is 0.695. The maximum Gasteiger partial charge on any atom is 0.357 e. The molecule has 64 valence electrons. The normalized spacial score (nSPS) is 9.33. The van der Waals surface area contributed by atoms with Crippen molar-refractivity contribution in [2.75, 3.05) is 11.9 Å². The fraction of sp³-hybridized carbons (Fsp3) is 0.143. The SMILES string of the molecule is C=CCNc1scnc1C(=O)O. The summed E-state index contributed by atoms with van der Waals surface area (Å²) < 4.78 is 0. The van der Waals surface area contributed by atoms with Crippen molar-refractivity contribution < 1.29 is 9.90 Å². The summed E-state index contributed by atoms with van der Waals surface area (Å²) in [5, 5.41) is 12.1. The molecule has 0 amide bonds. The lowest BCUT2D eigenvalue weighted by molar-refractivity contribution is 0.0692. The van der Waals surface area contributed by atoms with Crippen LogP contribution < -0.4 is 5.32 Å². The van der Waals surface area contributed by atoms with Crippen LogP contribution >= 0.6 is 11.3 Å². The number of rotatable bonds is 4. The number of hydrogen-bond acceptors (Lipinski definition) is 4. The Kier molecular flexibility index (Phi) is 2.82. The number of aromatic nitrogens is 1. The van der Waals surface area contributed by atoms with Gasteiger partial charge in [-0.25, -0.2) is 9.78 Å². The monoisotopic (exact) mass is 184 g/mol. The number of carboxylic acids is 1. The second-order valence-electron chi connectivity index (χ2n) is 2.00. The first-order valence-electron chi connectivity index (χ1n) is 3.27. The summed E-state index contributed by atoms with van der Waals surface area (Å²) in [4.78, 5) is 14.2. The fourth-order valence-electron chi connectivity index (χ4n) is 0.689. The molecule has 1 aromatic rings. The molecule has 0 fully saturated rings. The highest BCUT2D eigenvalue weighted by Gasteiger charge is 2.11. The Morgan fingerprint density at radius 2 is 2.67 bits per heavy atom. The Hall–Kier alpha value is -1.36. The topological polar surface area (TPSA) is 62.2 Å². The maximum atomic E-state index is 10.5. The summed E-state index contributed by atoms with van der Waals surface area (Å²) in [6, 6.07) is 0. The van der Waals surface area contributed by atoms with Gasteiger partial charge in [-0.2, -0.15) is 0 Å². The third kappa shape index (κ3) is 1.82. The number of anilines is 1. The van der Waals surface area contributed by atoms with Gasteiger partial charge in [-0.1, -0.05) is 6.08 Å². The zero-order valence-electron chi connectivity index (χ0n) is 6.28. The first-order valence-corrected chi connectivity index (χ1v) is 4.15. The van der Waals surface area contributed by atoms with E-state index in [1.807, 2.05) is 0 Å². The van der Waals surface area contributed by atoms with Crippen LogP contribution in [0.3, 0.4) is 0 Å². The molecule has 0 aliphatic heterocycles. The van der Waals surface area contributed by atoms with E-state index in [1.165, 1.54) is 16.8 Å². The lowest BCUT2D eigenvalue weighted by atomic mass is 10.4. The molecule has 0 radical (unpaired) electrons. The number of hydrogen-bond donors (Lipinski definition) is 2. The minimum atomic E-state index is -1.01.